The summed E-state index contributed by atoms with van der Waals surface area (Å²) >= 11 is 7.68. The van der Waals surface area contributed by atoms with Gasteiger partial charge in [0, 0.05) is 18.1 Å². The maximum absolute atomic E-state index is 6.17. The standard InChI is InChI=1S/C16H16ClN5OS/c17-13-4-2-1-3-12(13)5-6-15-20-22-14(18-19-16(22)24-15)11-21-7-9-23-10-8-21/h1-6H,7-11H2. The summed E-state index contributed by atoms with van der Waals surface area (Å²) in [5.41, 5.74) is 0.971. The topological polar surface area (TPSA) is 55.5 Å². The van der Waals surface area contributed by atoms with Crippen molar-refractivity contribution in [3.63, 3.8) is 0 Å². The number of morpholine rings is 1. The fourth-order valence-electron chi connectivity index (χ4n) is 2.57. The number of rotatable bonds is 4. The largest absolute Gasteiger partial charge is 0.379 e. The zero-order chi connectivity index (χ0) is 16.4. The predicted molar refractivity (Wildman–Crippen MR) is 95.1 cm³/mol. The van der Waals surface area contributed by atoms with E-state index in [0.717, 1.165) is 59.2 Å². The minimum absolute atomic E-state index is 0.727. The quantitative estimate of drug-likeness (QED) is 0.715. The summed E-state index contributed by atoms with van der Waals surface area (Å²) in [5.74, 6) is 0.862. The van der Waals surface area contributed by atoms with Gasteiger partial charge in [0.25, 0.3) is 0 Å². The average Bonchev–Trinajstić information content (AvgIpc) is 3.17. The van der Waals surface area contributed by atoms with Crippen LogP contribution in [0.25, 0.3) is 17.1 Å². The van der Waals surface area contributed by atoms with Crippen LogP contribution in [0.1, 0.15) is 16.4 Å². The van der Waals surface area contributed by atoms with E-state index >= 15 is 0 Å². The van der Waals surface area contributed by atoms with Gasteiger partial charge in [0.15, 0.2) is 5.82 Å². The zero-order valence-corrected chi connectivity index (χ0v) is 14.5. The number of aromatic nitrogens is 4. The van der Waals surface area contributed by atoms with Crippen LogP contribution in [0.2, 0.25) is 5.02 Å². The van der Waals surface area contributed by atoms with Gasteiger partial charge in [0.1, 0.15) is 5.01 Å². The van der Waals surface area contributed by atoms with Gasteiger partial charge in [-0.05, 0) is 17.7 Å². The van der Waals surface area contributed by atoms with E-state index in [0.29, 0.717) is 0 Å². The number of benzene rings is 1. The third-order valence-electron chi connectivity index (χ3n) is 3.85. The highest BCUT2D eigenvalue weighted by Crippen LogP contribution is 2.20. The maximum atomic E-state index is 6.17. The van der Waals surface area contributed by atoms with Crippen LogP contribution in [0.4, 0.5) is 0 Å². The molecule has 2 aromatic heterocycles. The van der Waals surface area contributed by atoms with Crippen LogP contribution < -0.4 is 0 Å². The van der Waals surface area contributed by atoms with E-state index in [2.05, 4.69) is 20.2 Å². The van der Waals surface area contributed by atoms with Gasteiger partial charge in [-0.2, -0.15) is 9.61 Å². The number of nitrogens with zero attached hydrogens (tertiary/aromatic N) is 5. The summed E-state index contributed by atoms with van der Waals surface area (Å²) in [4.78, 5) is 3.11. The van der Waals surface area contributed by atoms with E-state index < -0.39 is 0 Å². The van der Waals surface area contributed by atoms with E-state index in [1.54, 1.807) is 0 Å². The monoisotopic (exact) mass is 361 g/mol. The Hall–Kier alpha value is -1.80. The summed E-state index contributed by atoms with van der Waals surface area (Å²) < 4.78 is 7.20. The predicted octanol–water partition coefficient (Wildman–Crippen LogP) is 2.84. The molecule has 3 aromatic rings. The van der Waals surface area contributed by atoms with E-state index in [1.165, 1.54) is 11.3 Å². The molecule has 0 unspecified atom stereocenters. The molecule has 8 heteroatoms. The Morgan fingerprint density at radius 3 is 2.83 bits per heavy atom. The summed E-state index contributed by atoms with van der Waals surface area (Å²) in [5, 5.41) is 14.7. The Bertz CT molecular complexity index is 868. The molecule has 1 aromatic carbocycles. The SMILES string of the molecule is Clc1ccccc1C=Cc1nn2c(CN3CCOCC3)nnc2s1. The summed E-state index contributed by atoms with van der Waals surface area (Å²) in [6.45, 7) is 4.11. The Labute approximate surface area is 148 Å². The van der Waals surface area contributed by atoms with Gasteiger partial charge < -0.3 is 4.74 Å². The van der Waals surface area contributed by atoms with Gasteiger partial charge in [-0.1, -0.05) is 47.2 Å². The minimum atomic E-state index is 0.727. The molecule has 1 aliphatic rings. The van der Waals surface area contributed by atoms with Gasteiger partial charge in [0.2, 0.25) is 4.96 Å². The van der Waals surface area contributed by atoms with E-state index in [-0.39, 0.29) is 0 Å². The molecule has 0 spiro atoms. The first-order chi connectivity index (χ1) is 11.8. The van der Waals surface area contributed by atoms with Crippen molar-refractivity contribution in [3.05, 3.63) is 45.7 Å². The fraction of sp³-hybridized carbons (Fsp3) is 0.312. The van der Waals surface area contributed by atoms with Gasteiger partial charge in [-0.25, -0.2) is 0 Å². The first kappa shape index (κ1) is 15.7. The van der Waals surface area contributed by atoms with Gasteiger partial charge in [-0.15, -0.1) is 10.2 Å². The van der Waals surface area contributed by atoms with Crippen LogP contribution in [-0.2, 0) is 11.3 Å². The van der Waals surface area contributed by atoms with Crippen molar-refractivity contribution in [1.82, 2.24) is 24.7 Å². The highest BCUT2D eigenvalue weighted by atomic mass is 35.5. The number of halogens is 1. The Balaban J connectivity index is 1.54. The number of hydrogen-bond donors (Lipinski definition) is 0. The highest BCUT2D eigenvalue weighted by Gasteiger charge is 2.16. The molecule has 0 saturated carbocycles. The molecule has 0 radical (unpaired) electrons. The lowest BCUT2D eigenvalue weighted by molar-refractivity contribution is 0.0328. The van der Waals surface area contributed by atoms with Crippen molar-refractivity contribution in [2.45, 2.75) is 6.54 Å². The summed E-state index contributed by atoms with van der Waals surface area (Å²) in [6.07, 6.45) is 3.93. The van der Waals surface area contributed by atoms with Crippen LogP contribution in [0, 0.1) is 0 Å². The summed E-state index contributed by atoms with van der Waals surface area (Å²) in [7, 11) is 0. The van der Waals surface area contributed by atoms with Crippen molar-refractivity contribution < 1.29 is 4.74 Å². The first-order valence-electron chi connectivity index (χ1n) is 7.73. The van der Waals surface area contributed by atoms with Gasteiger partial charge in [-0.3, -0.25) is 4.90 Å². The number of hydrogen-bond acceptors (Lipinski definition) is 6. The molecule has 6 nitrogen and oxygen atoms in total. The first-order valence-corrected chi connectivity index (χ1v) is 8.93. The lowest BCUT2D eigenvalue weighted by Gasteiger charge is -2.25. The van der Waals surface area contributed by atoms with Crippen molar-refractivity contribution in [2.24, 2.45) is 0 Å². The van der Waals surface area contributed by atoms with E-state index in [4.69, 9.17) is 16.3 Å². The molecule has 1 aliphatic heterocycles. The Kier molecular flexibility index (Phi) is 4.57. The molecule has 4 rings (SSSR count). The second-order valence-electron chi connectivity index (χ2n) is 5.49. The normalized spacial score (nSPS) is 16.4. The minimum Gasteiger partial charge on any atom is -0.379 e. The van der Waals surface area contributed by atoms with Crippen LogP contribution in [0.5, 0.6) is 0 Å². The molecule has 124 valence electrons. The molecule has 1 saturated heterocycles. The van der Waals surface area contributed by atoms with Crippen LogP contribution in [-0.4, -0.2) is 51.0 Å². The number of ether oxygens (including phenoxy) is 1. The highest BCUT2D eigenvalue weighted by molar-refractivity contribution is 7.17. The van der Waals surface area contributed by atoms with Crippen molar-refractivity contribution in [2.75, 3.05) is 26.3 Å². The molecule has 1 fully saturated rings. The second kappa shape index (κ2) is 6.98. The molecule has 0 N–H and O–H groups in total. The van der Waals surface area contributed by atoms with Crippen LogP contribution in [0.3, 0.4) is 0 Å². The lowest BCUT2D eigenvalue weighted by Crippen LogP contribution is -2.36. The molecule has 0 amide bonds. The Morgan fingerprint density at radius 2 is 2.00 bits per heavy atom. The van der Waals surface area contributed by atoms with E-state index in [9.17, 15) is 0 Å². The smallest absolute Gasteiger partial charge is 0.235 e. The van der Waals surface area contributed by atoms with Crippen LogP contribution in [0.15, 0.2) is 24.3 Å². The van der Waals surface area contributed by atoms with Crippen molar-refractivity contribution in [3.8, 4) is 0 Å². The molecule has 0 atom stereocenters. The van der Waals surface area contributed by atoms with Crippen molar-refractivity contribution in [1.29, 1.82) is 0 Å². The lowest BCUT2D eigenvalue weighted by atomic mass is 10.2. The molecule has 0 bridgehead atoms. The third kappa shape index (κ3) is 3.34. The average molecular weight is 362 g/mol. The molecule has 3 heterocycles. The Morgan fingerprint density at radius 1 is 1.17 bits per heavy atom. The molecule has 0 aliphatic carbocycles. The molecular formula is C16H16ClN5OS. The van der Waals surface area contributed by atoms with Crippen molar-refractivity contribution >= 4 is 40.1 Å². The molecular weight excluding hydrogens is 346 g/mol. The van der Waals surface area contributed by atoms with Gasteiger partial charge >= 0.3 is 0 Å². The number of fused-ring (bicyclic) bond motifs is 1. The third-order valence-corrected chi connectivity index (χ3v) is 5.06. The second-order valence-corrected chi connectivity index (χ2v) is 6.89. The fourth-order valence-corrected chi connectivity index (χ4v) is 3.53. The van der Waals surface area contributed by atoms with Crippen LogP contribution >= 0.6 is 22.9 Å². The maximum Gasteiger partial charge on any atom is 0.235 e. The summed E-state index contributed by atoms with van der Waals surface area (Å²) in [6, 6.07) is 7.73. The zero-order valence-electron chi connectivity index (χ0n) is 12.9. The van der Waals surface area contributed by atoms with E-state index in [1.807, 2.05) is 40.9 Å². The molecule has 24 heavy (non-hydrogen) atoms. The van der Waals surface area contributed by atoms with Gasteiger partial charge in [0.05, 0.1) is 19.8 Å².